The molecule has 0 aromatic carbocycles. The van der Waals surface area contributed by atoms with Gasteiger partial charge in [-0.2, -0.15) is 0 Å². The summed E-state index contributed by atoms with van der Waals surface area (Å²) in [6.07, 6.45) is 5.93. The molecule has 2 aliphatic rings. The number of rotatable bonds is 0. The third-order valence-corrected chi connectivity index (χ3v) is 3.67. The predicted octanol–water partition coefficient (Wildman–Crippen LogP) is 2.50. The lowest BCUT2D eigenvalue weighted by atomic mass is 9.76. The van der Waals surface area contributed by atoms with E-state index in [-0.39, 0.29) is 0 Å². The second-order valence-electron chi connectivity index (χ2n) is 4.69. The van der Waals surface area contributed by atoms with Crippen LogP contribution in [0.4, 0.5) is 0 Å². The molecular weight excluding hydrogens is 148 g/mol. The largest absolute Gasteiger partial charge is 0.390 e. The summed E-state index contributed by atoms with van der Waals surface area (Å²) in [6.45, 7) is 6.05. The molecule has 0 aromatic rings. The van der Waals surface area contributed by atoms with Crippen LogP contribution in [0.5, 0.6) is 0 Å². The fourth-order valence-electron chi connectivity index (χ4n) is 3.09. The van der Waals surface area contributed by atoms with Gasteiger partial charge < -0.3 is 5.11 Å². The third-order valence-electron chi connectivity index (χ3n) is 3.67. The zero-order valence-corrected chi connectivity index (χ0v) is 7.84. The summed E-state index contributed by atoms with van der Waals surface area (Å²) in [7, 11) is 0. The molecule has 0 radical (unpaired) electrons. The first kappa shape index (κ1) is 8.31. The Morgan fingerprint density at radius 1 is 1.42 bits per heavy atom. The Bertz CT molecular complexity index is 205. The van der Waals surface area contributed by atoms with E-state index >= 15 is 0 Å². The van der Waals surface area contributed by atoms with E-state index in [1.807, 2.05) is 6.92 Å². The molecule has 0 spiro atoms. The van der Waals surface area contributed by atoms with Gasteiger partial charge in [-0.15, -0.1) is 0 Å². The highest BCUT2D eigenvalue weighted by Crippen LogP contribution is 2.50. The van der Waals surface area contributed by atoms with E-state index in [1.165, 1.54) is 31.3 Å². The van der Waals surface area contributed by atoms with E-state index in [0.717, 1.165) is 6.42 Å². The maximum atomic E-state index is 10.1. The van der Waals surface area contributed by atoms with Gasteiger partial charge in [0.05, 0.1) is 5.60 Å². The Morgan fingerprint density at radius 3 is 2.75 bits per heavy atom. The van der Waals surface area contributed by atoms with Gasteiger partial charge in [0.25, 0.3) is 0 Å². The van der Waals surface area contributed by atoms with Gasteiger partial charge in [-0.25, -0.2) is 0 Å². The molecule has 0 amide bonds. The van der Waals surface area contributed by atoms with Gasteiger partial charge in [0.15, 0.2) is 0 Å². The van der Waals surface area contributed by atoms with Crippen LogP contribution in [0.3, 0.4) is 0 Å². The van der Waals surface area contributed by atoms with Crippen LogP contribution in [0, 0.1) is 11.8 Å². The molecule has 1 nitrogen and oxygen atoms in total. The first-order chi connectivity index (χ1) is 5.61. The van der Waals surface area contributed by atoms with Gasteiger partial charge in [-0.1, -0.05) is 25.0 Å². The van der Waals surface area contributed by atoms with Crippen LogP contribution in [-0.2, 0) is 0 Å². The molecule has 1 N–H and O–H groups in total. The van der Waals surface area contributed by atoms with Crippen LogP contribution in [-0.4, -0.2) is 10.7 Å². The summed E-state index contributed by atoms with van der Waals surface area (Å²) in [5, 5.41) is 10.1. The lowest BCUT2D eigenvalue weighted by Crippen LogP contribution is -2.33. The summed E-state index contributed by atoms with van der Waals surface area (Å²) < 4.78 is 0. The van der Waals surface area contributed by atoms with E-state index in [4.69, 9.17) is 0 Å². The molecule has 0 heterocycles. The highest BCUT2D eigenvalue weighted by molar-refractivity contribution is 5.17. The maximum absolute atomic E-state index is 10.1. The zero-order chi connectivity index (χ0) is 8.77. The monoisotopic (exact) mass is 166 g/mol. The third kappa shape index (κ3) is 1.11. The Morgan fingerprint density at radius 2 is 2.08 bits per heavy atom. The Labute approximate surface area is 74.5 Å². The molecule has 2 rings (SSSR count). The summed E-state index contributed by atoms with van der Waals surface area (Å²) in [6, 6.07) is 0. The smallest absolute Gasteiger partial charge is 0.0690 e. The molecule has 1 heteroatoms. The minimum absolute atomic E-state index is 0.442. The van der Waals surface area contributed by atoms with Crippen molar-refractivity contribution in [3.05, 3.63) is 12.2 Å². The summed E-state index contributed by atoms with van der Waals surface area (Å²) in [5.74, 6) is 1.15. The van der Waals surface area contributed by atoms with Crippen LogP contribution in [0.1, 0.15) is 39.0 Å². The van der Waals surface area contributed by atoms with Crippen molar-refractivity contribution >= 4 is 0 Å². The van der Waals surface area contributed by atoms with Crippen LogP contribution in [0.2, 0.25) is 0 Å². The van der Waals surface area contributed by atoms with Gasteiger partial charge >= 0.3 is 0 Å². The second kappa shape index (κ2) is 2.59. The van der Waals surface area contributed by atoms with Crippen molar-refractivity contribution in [2.75, 3.05) is 0 Å². The first-order valence-electron chi connectivity index (χ1n) is 5.01. The van der Waals surface area contributed by atoms with E-state index in [2.05, 4.69) is 6.58 Å². The average molecular weight is 166 g/mol. The van der Waals surface area contributed by atoms with Crippen LogP contribution in [0.15, 0.2) is 12.2 Å². The van der Waals surface area contributed by atoms with Crippen LogP contribution >= 0.6 is 0 Å². The Kier molecular flexibility index (Phi) is 1.80. The normalized spacial score (nSPS) is 47.7. The number of hydrogen-bond donors (Lipinski definition) is 1. The number of hydrogen-bond acceptors (Lipinski definition) is 1. The molecule has 12 heavy (non-hydrogen) atoms. The van der Waals surface area contributed by atoms with Crippen molar-refractivity contribution in [2.24, 2.45) is 11.8 Å². The fraction of sp³-hybridized carbons (Fsp3) is 0.818. The fourth-order valence-corrected chi connectivity index (χ4v) is 3.09. The maximum Gasteiger partial charge on any atom is 0.0690 e. The molecule has 0 aliphatic heterocycles. The molecule has 0 bridgehead atoms. The van der Waals surface area contributed by atoms with Crippen molar-refractivity contribution in [3.63, 3.8) is 0 Å². The minimum atomic E-state index is -0.442. The molecule has 3 atom stereocenters. The van der Waals surface area contributed by atoms with E-state index < -0.39 is 5.60 Å². The molecule has 0 unspecified atom stereocenters. The average Bonchev–Trinajstić information content (AvgIpc) is 2.25. The molecule has 68 valence electrons. The quantitative estimate of drug-likeness (QED) is 0.548. The second-order valence-corrected chi connectivity index (χ2v) is 4.69. The van der Waals surface area contributed by atoms with Gasteiger partial charge in [-0.05, 0) is 38.0 Å². The molecule has 0 saturated heterocycles. The molecule has 2 saturated carbocycles. The van der Waals surface area contributed by atoms with Gasteiger partial charge in [0, 0.05) is 0 Å². The topological polar surface area (TPSA) is 20.2 Å². The van der Waals surface area contributed by atoms with Crippen LogP contribution < -0.4 is 0 Å². The lowest BCUT2D eigenvalue weighted by molar-refractivity contribution is -0.00194. The van der Waals surface area contributed by atoms with Gasteiger partial charge in [0.1, 0.15) is 0 Å². The summed E-state index contributed by atoms with van der Waals surface area (Å²) in [4.78, 5) is 0. The highest BCUT2D eigenvalue weighted by Gasteiger charge is 2.46. The van der Waals surface area contributed by atoms with E-state index in [1.54, 1.807) is 0 Å². The number of fused-ring (bicyclic) bond motifs is 1. The standard InChI is InChI=1S/C11H18O/c1-8-7-11(2,12)10-6-4-3-5-9(8)10/h9-10,12H,1,3-7H2,2H3/t9-,10-,11-/m0/s1. The predicted molar refractivity (Wildman–Crippen MR) is 49.8 cm³/mol. The molecule has 2 aliphatic carbocycles. The Hall–Kier alpha value is -0.300. The summed E-state index contributed by atoms with van der Waals surface area (Å²) >= 11 is 0. The van der Waals surface area contributed by atoms with Crippen molar-refractivity contribution in [2.45, 2.75) is 44.6 Å². The minimum Gasteiger partial charge on any atom is -0.390 e. The van der Waals surface area contributed by atoms with Gasteiger partial charge in [0.2, 0.25) is 0 Å². The summed E-state index contributed by atoms with van der Waals surface area (Å²) in [5.41, 5.74) is 0.854. The zero-order valence-electron chi connectivity index (χ0n) is 7.84. The lowest BCUT2D eigenvalue weighted by Gasteiger charge is -2.32. The van der Waals surface area contributed by atoms with Crippen molar-refractivity contribution in [1.82, 2.24) is 0 Å². The van der Waals surface area contributed by atoms with Crippen molar-refractivity contribution < 1.29 is 5.11 Å². The van der Waals surface area contributed by atoms with Crippen molar-refractivity contribution in [1.29, 1.82) is 0 Å². The number of aliphatic hydroxyl groups is 1. The van der Waals surface area contributed by atoms with Crippen LogP contribution in [0.25, 0.3) is 0 Å². The molecule has 2 fully saturated rings. The van der Waals surface area contributed by atoms with E-state index in [0.29, 0.717) is 11.8 Å². The highest BCUT2D eigenvalue weighted by atomic mass is 16.3. The SMILES string of the molecule is C=C1C[C@](C)(O)[C@H]2CCCC[C@@H]12. The van der Waals surface area contributed by atoms with E-state index in [9.17, 15) is 5.11 Å². The molecular formula is C11H18O. The van der Waals surface area contributed by atoms with Crippen molar-refractivity contribution in [3.8, 4) is 0 Å². The first-order valence-corrected chi connectivity index (χ1v) is 5.01. The Balaban J connectivity index is 2.22. The van der Waals surface area contributed by atoms with Gasteiger partial charge in [-0.3, -0.25) is 0 Å². The molecule has 0 aromatic heterocycles.